The van der Waals surface area contributed by atoms with Gasteiger partial charge in [0.1, 0.15) is 11.6 Å². The molecule has 0 aliphatic carbocycles. The third kappa shape index (κ3) is 2.84. The Hall–Kier alpha value is -1.94. The van der Waals surface area contributed by atoms with E-state index in [4.69, 9.17) is 23.1 Å². The standard InChI is InChI=1S/C13H15ClN4/c1-8-2-3-9(6-10(8)14)7-17-12-5-4-11(15)13(16)18-12/h2-6H,7,15H2,1H3,(H3,16,17,18). The molecule has 5 N–H and O–H groups in total. The Kier molecular flexibility index (Phi) is 3.58. The molecule has 18 heavy (non-hydrogen) atoms. The van der Waals surface area contributed by atoms with E-state index < -0.39 is 0 Å². The van der Waals surface area contributed by atoms with Crippen molar-refractivity contribution in [3.63, 3.8) is 0 Å². The predicted molar refractivity (Wildman–Crippen MR) is 76.6 cm³/mol. The van der Waals surface area contributed by atoms with Gasteiger partial charge in [-0.1, -0.05) is 23.7 Å². The van der Waals surface area contributed by atoms with E-state index in [-0.39, 0.29) is 0 Å². The fourth-order valence-electron chi connectivity index (χ4n) is 1.52. The number of nitrogens with one attached hydrogen (secondary N) is 1. The number of rotatable bonds is 3. The summed E-state index contributed by atoms with van der Waals surface area (Å²) in [5.41, 5.74) is 13.9. The van der Waals surface area contributed by atoms with Crippen LogP contribution in [-0.2, 0) is 6.54 Å². The number of aryl methyl sites for hydroxylation is 1. The van der Waals surface area contributed by atoms with Crippen LogP contribution < -0.4 is 16.8 Å². The second-order valence-electron chi connectivity index (χ2n) is 4.11. The van der Waals surface area contributed by atoms with E-state index >= 15 is 0 Å². The van der Waals surface area contributed by atoms with Crippen LogP contribution in [0.1, 0.15) is 11.1 Å². The molecule has 0 spiro atoms. The lowest BCUT2D eigenvalue weighted by molar-refractivity contribution is 1.11. The molecule has 0 fully saturated rings. The summed E-state index contributed by atoms with van der Waals surface area (Å²) in [6.07, 6.45) is 0. The molecule has 5 heteroatoms. The SMILES string of the molecule is Cc1ccc(CNc2ccc(N)c(N)n2)cc1Cl. The number of hydrogen-bond donors (Lipinski definition) is 3. The van der Waals surface area contributed by atoms with Crippen LogP contribution in [0.4, 0.5) is 17.3 Å². The monoisotopic (exact) mass is 262 g/mol. The van der Waals surface area contributed by atoms with E-state index in [1.807, 2.05) is 25.1 Å². The Balaban J connectivity index is 2.06. The lowest BCUT2D eigenvalue weighted by atomic mass is 10.1. The molecule has 0 aliphatic heterocycles. The molecule has 0 aliphatic rings. The predicted octanol–water partition coefficient (Wildman–Crippen LogP) is 2.82. The van der Waals surface area contributed by atoms with Gasteiger partial charge in [-0.25, -0.2) is 4.98 Å². The first-order valence-corrected chi connectivity index (χ1v) is 5.95. The Morgan fingerprint density at radius 1 is 1.22 bits per heavy atom. The molecule has 0 unspecified atom stereocenters. The third-order valence-corrected chi connectivity index (χ3v) is 3.07. The molecular formula is C13H15ClN4. The van der Waals surface area contributed by atoms with Crippen molar-refractivity contribution >= 4 is 28.9 Å². The number of hydrogen-bond acceptors (Lipinski definition) is 4. The van der Waals surface area contributed by atoms with Gasteiger partial charge in [-0.3, -0.25) is 0 Å². The first-order chi connectivity index (χ1) is 8.56. The van der Waals surface area contributed by atoms with Gasteiger partial charge in [-0.2, -0.15) is 0 Å². The van der Waals surface area contributed by atoms with Crippen LogP contribution in [0.15, 0.2) is 30.3 Å². The molecule has 0 bridgehead atoms. The first-order valence-electron chi connectivity index (χ1n) is 5.57. The molecule has 4 nitrogen and oxygen atoms in total. The van der Waals surface area contributed by atoms with E-state index in [9.17, 15) is 0 Å². The highest BCUT2D eigenvalue weighted by Gasteiger charge is 2.01. The summed E-state index contributed by atoms with van der Waals surface area (Å²) in [7, 11) is 0. The van der Waals surface area contributed by atoms with Crippen molar-refractivity contribution in [2.45, 2.75) is 13.5 Å². The van der Waals surface area contributed by atoms with E-state index in [1.54, 1.807) is 12.1 Å². The van der Waals surface area contributed by atoms with Crippen LogP contribution in [0, 0.1) is 6.92 Å². The van der Waals surface area contributed by atoms with Gasteiger partial charge in [0.25, 0.3) is 0 Å². The molecule has 2 rings (SSSR count). The fourth-order valence-corrected chi connectivity index (χ4v) is 1.73. The minimum Gasteiger partial charge on any atom is -0.396 e. The summed E-state index contributed by atoms with van der Waals surface area (Å²) in [6, 6.07) is 9.47. The zero-order valence-electron chi connectivity index (χ0n) is 10.1. The highest BCUT2D eigenvalue weighted by Crippen LogP contribution is 2.18. The zero-order chi connectivity index (χ0) is 13.1. The van der Waals surface area contributed by atoms with Crippen LogP contribution in [0.2, 0.25) is 5.02 Å². The number of nitrogen functional groups attached to an aromatic ring is 2. The van der Waals surface area contributed by atoms with Crippen molar-refractivity contribution in [1.82, 2.24) is 4.98 Å². The van der Waals surface area contributed by atoms with Crippen LogP contribution in [0.3, 0.4) is 0 Å². The van der Waals surface area contributed by atoms with Gasteiger partial charge >= 0.3 is 0 Å². The smallest absolute Gasteiger partial charge is 0.149 e. The molecular weight excluding hydrogens is 248 g/mol. The van der Waals surface area contributed by atoms with Gasteiger partial charge in [0, 0.05) is 11.6 Å². The number of nitrogens with zero attached hydrogens (tertiary/aromatic N) is 1. The van der Waals surface area contributed by atoms with Crippen LogP contribution in [0.25, 0.3) is 0 Å². The summed E-state index contributed by atoms with van der Waals surface area (Å²) in [4.78, 5) is 4.14. The summed E-state index contributed by atoms with van der Waals surface area (Å²) >= 11 is 6.06. The quantitative estimate of drug-likeness (QED) is 0.795. The molecule has 94 valence electrons. The molecule has 1 heterocycles. The maximum Gasteiger partial charge on any atom is 0.149 e. The van der Waals surface area contributed by atoms with Gasteiger partial charge in [0.05, 0.1) is 5.69 Å². The van der Waals surface area contributed by atoms with E-state index in [0.29, 0.717) is 23.9 Å². The molecule has 0 saturated heterocycles. The molecule has 1 aromatic heterocycles. The topological polar surface area (TPSA) is 77.0 Å². The second-order valence-corrected chi connectivity index (χ2v) is 4.52. The highest BCUT2D eigenvalue weighted by molar-refractivity contribution is 6.31. The number of nitrogens with two attached hydrogens (primary N) is 2. The number of anilines is 3. The lowest BCUT2D eigenvalue weighted by Gasteiger charge is -2.08. The highest BCUT2D eigenvalue weighted by atomic mass is 35.5. The lowest BCUT2D eigenvalue weighted by Crippen LogP contribution is -2.04. The molecule has 2 aromatic rings. The van der Waals surface area contributed by atoms with Crippen molar-refractivity contribution in [3.8, 4) is 0 Å². The van der Waals surface area contributed by atoms with Crippen molar-refractivity contribution in [2.75, 3.05) is 16.8 Å². The molecule has 0 radical (unpaired) electrons. The van der Waals surface area contributed by atoms with E-state index in [2.05, 4.69) is 10.3 Å². The third-order valence-electron chi connectivity index (χ3n) is 2.67. The largest absolute Gasteiger partial charge is 0.396 e. The van der Waals surface area contributed by atoms with E-state index in [0.717, 1.165) is 16.1 Å². The van der Waals surface area contributed by atoms with Crippen molar-refractivity contribution < 1.29 is 0 Å². The summed E-state index contributed by atoms with van der Waals surface area (Å²) in [5, 5.41) is 3.93. The Morgan fingerprint density at radius 2 is 2.00 bits per heavy atom. The molecule has 0 amide bonds. The Morgan fingerprint density at radius 3 is 2.67 bits per heavy atom. The van der Waals surface area contributed by atoms with Crippen molar-refractivity contribution in [3.05, 3.63) is 46.5 Å². The average molecular weight is 263 g/mol. The number of halogens is 1. The van der Waals surface area contributed by atoms with Crippen LogP contribution in [0.5, 0.6) is 0 Å². The average Bonchev–Trinajstić information content (AvgIpc) is 2.35. The number of benzene rings is 1. The van der Waals surface area contributed by atoms with Crippen molar-refractivity contribution in [1.29, 1.82) is 0 Å². The second kappa shape index (κ2) is 5.14. The number of pyridine rings is 1. The Labute approximate surface area is 111 Å². The maximum atomic E-state index is 6.06. The van der Waals surface area contributed by atoms with Crippen molar-refractivity contribution in [2.24, 2.45) is 0 Å². The van der Waals surface area contributed by atoms with Gasteiger partial charge in [0.15, 0.2) is 0 Å². The summed E-state index contributed by atoms with van der Waals surface area (Å²) < 4.78 is 0. The van der Waals surface area contributed by atoms with Gasteiger partial charge in [-0.05, 0) is 36.2 Å². The van der Waals surface area contributed by atoms with E-state index in [1.165, 1.54) is 0 Å². The molecule has 1 aromatic carbocycles. The number of aromatic nitrogens is 1. The minimum absolute atomic E-state index is 0.335. The summed E-state index contributed by atoms with van der Waals surface area (Å²) in [5.74, 6) is 1.03. The van der Waals surface area contributed by atoms with Gasteiger partial charge in [-0.15, -0.1) is 0 Å². The maximum absolute atomic E-state index is 6.06. The molecule has 0 saturated carbocycles. The Bertz CT molecular complexity index is 517. The van der Waals surface area contributed by atoms with Gasteiger partial charge < -0.3 is 16.8 Å². The van der Waals surface area contributed by atoms with Gasteiger partial charge in [0.2, 0.25) is 0 Å². The first kappa shape index (κ1) is 12.5. The van der Waals surface area contributed by atoms with Crippen LogP contribution in [-0.4, -0.2) is 4.98 Å². The summed E-state index contributed by atoms with van der Waals surface area (Å²) in [6.45, 7) is 2.61. The minimum atomic E-state index is 0.335. The fraction of sp³-hybridized carbons (Fsp3) is 0.154. The molecule has 0 atom stereocenters. The van der Waals surface area contributed by atoms with Crippen LogP contribution >= 0.6 is 11.6 Å². The normalized spacial score (nSPS) is 10.3. The zero-order valence-corrected chi connectivity index (χ0v) is 10.8.